The second kappa shape index (κ2) is 10.0. The van der Waals surface area contributed by atoms with Gasteiger partial charge in [0.15, 0.2) is 6.61 Å². The smallest absolute Gasteiger partial charge is 0.341 e. The molecule has 1 heterocycles. The van der Waals surface area contributed by atoms with Crippen LogP contribution in [0.25, 0.3) is 11.3 Å². The van der Waals surface area contributed by atoms with Crippen LogP contribution >= 0.6 is 0 Å². The van der Waals surface area contributed by atoms with Crippen molar-refractivity contribution >= 4 is 22.9 Å². The van der Waals surface area contributed by atoms with Crippen LogP contribution in [-0.4, -0.2) is 38.5 Å². The summed E-state index contributed by atoms with van der Waals surface area (Å²) in [7, 11) is 1.60. The highest BCUT2D eigenvalue weighted by atomic mass is 32.2. The zero-order valence-electron chi connectivity index (χ0n) is 18.0. The van der Waals surface area contributed by atoms with Crippen LogP contribution in [-0.2, 0) is 22.5 Å². The summed E-state index contributed by atoms with van der Waals surface area (Å²) >= 11 is -2.29. The van der Waals surface area contributed by atoms with E-state index < -0.39 is 23.8 Å². The molecule has 0 spiro atoms. The molecule has 1 aliphatic carbocycles. The molecule has 0 fully saturated rings. The maximum atomic E-state index is 12.4. The number of aromatic nitrogens is 1. The topological polar surface area (TPSA) is 109 Å². The molecular weight excluding hydrogens is 444 g/mol. The van der Waals surface area contributed by atoms with Crippen molar-refractivity contribution in [3.63, 3.8) is 0 Å². The van der Waals surface area contributed by atoms with E-state index in [4.69, 9.17) is 14.6 Å². The Balaban J connectivity index is 1.66. The number of carbonyl (C=O) groups is 1. The molecule has 2 unspecified atom stereocenters. The van der Waals surface area contributed by atoms with E-state index in [2.05, 4.69) is 4.98 Å². The highest BCUT2D eigenvalue weighted by Gasteiger charge is 2.31. The molecule has 1 aromatic heterocycles. The molecule has 2 atom stereocenters. The lowest BCUT2D eigenvalue weighted by Crippen LogP contribution is -2.33. The third-order valence-electron chi connectivity index (χ3n) is 5.60. The first kappa shape index (κ1) is 22.8. The van der Waals surface area contributed by atoms with Gasteiger partial charge in [0, 0.05) is 5.56 Å². The average Bonchev–Trinajstić information content (AvgIpc) is 2.83. The van der Waals surface area contributed by atoms with Crippen LogP contribution in [0.4, 0.5) is 5.69 Å². The van der Waals surface area contributed by atoms with Gasteiger partial charge in [-0.2, -0.15) is 0 Å². The lowest BCUT2D eigenvalue weighted by Gasteiger charge is -2.34. The fourth-order valence-electron chi connectivity index (χ4n) is 4.16. The molecule has 9 heteroatoms. The Hall–Kier alpha value is -3.43. The summed E-state index contributed by atoms with van der Waals surface area (Å²) in [5, 5.41) is 8.95. The number of carboxylic acids is 1. The number of benzene rings is 2. The molecule has 0 amide bonds. The van der Waals surface area contributed by atoms with Crippen molar-refractivity contribution in [3.8, 4) is 22.8 Å². The maximum absolute atomic E-state index is 12.4. The van der Waals surface area contributed by atoms with Crippen molar-refractivity contribution < 1.29 is 28.1 Å². The summed E-state index contributed by atoms with van der Waals surface area (Å²) in [5.41, 5.74) is 3.82. The van der Waals surface area contributed by atoms with Crippen molar-refractivity contribution in [1.82, 2.24) is 4.98 Å². The van der Waals surface area contributed by atoms with E-state index in [9.17, 15) is 13.6 Å². The largest absolute Gasteiger partial charge is 0.497 e. The summed E-state index contributed by atoms with van der Waals surface area (Å²) in [6.45, 7) is -0.438. The van der Waals surface area contributed by atoms with Crippen LogP contribution in [0.5, 0.6) is 11.5 Å². The van der Waals surface area contributed by atoms with Crippen LogP contribution in [0, 0.1) is 0 Å². The fraction of sp³-hybridized carbons (Fsp3) is 0.250. The molecule has 0 bridgehead atoms. The predicted molar refractivity (Wildman–Crippen MR) is 125 cm³/mol. The molecule has 8 nitrogen and oxygen atoms in total. The first-order valence-electron chi connectivity index (χ1n) is 10.4. The van der Waals surface area contributed by atoms with Gasteiger partial charge in [-0.25, -0.2) is 9.00 Å². The molecule has 2 aromatic carbocycles. The first-order valence-corrected chi connectivity index (χ1v) is 11.5. The van der Waals surface area contributed by atoms with E-state index in [0.29, 0.717) is 24.3 Å². The maximum Gasteiger partial charge on any atom is 0.341 e. The highest BCUT2D eigenvalue weighted by Crippen LogP contribution is 2.41. The Kier molecular flexibility index (Phi) is 6.90. The molecule has 1 aliphatic rings. The van der Waals surface area contributed by atoms with Gasteiger partial charge >= 0.3 is 5.97 Å². The van der Waals surface area contributed by atoms with Gasteiger partial charge in [-0.15, -0.1) is 0 Å². The van der Waals surface area contributed by atoms with Crippen LogP contribution in [0.2, 0.25) is 0 Å². The van der Waals surface area contributed by atoms with Crippen LogP contribution in [0.1, 0.15) is 30.0 Å². The molecule has 2 N–H and O–H groups in total. The number of methoxy groups -OCH3 is 1. The number of ether oxygens (including phenoxy) is 2. The third-order valence-corrected chi connectivity index (χ3v) is 6.40. The van der Waals surface area contributed by atoms with Crippen LogP contribution < -0.4 is 13.8 Å². The normalized spacial score (nSPS) is 15.9. The van der Waals surface area contributed by atoms with Gasteiger partial charge in [0.2, 0.25) is 0 Å². The minimum atomic E-state index is -2.29. The van der Waals surface area contributed by atoms with Gasteiger partial charge in [0.05, 0.1) is 30.7 Å². The van der Waals surface area contributed by atoms with Crippen molar-refractivity contribution in [2.45, 2.75) is 25.3 Å². The zero-order chi connectivity index (χ0) is 23.4. The Bertz CT molecular complexity index is 1170. The lowest BCUT2D eigenvalue weighted by molar-refractivity contribution is -0.139. The number of rotatable bonds is 8. The number of carboxylic acid groups (broad SMARTS) is 1. The number of hydrogen-bond acceptors (Lipinski definition) is 5. The minimum absolute atomic E-state index is 0.377. The Morgan fingerprint density at radius 2 is 2.03 bits per heavy atom. The zero-order valence-corrected chi connectivity index (χ0v) is 18.8. The number of pyridine rings is 1. The Labute approximate surface area is 194 Å². The fourth-order valence-corrected chi connectivity index (χ4v) is 4.88. The molecular formula is C24H24N2O6S. The summed E-state index contributed by atoms with van der Waals surface area (Å²) in [6, 6.07) is 16.1. The number of nitrogens with zero attached hydrogens (tertiary/aromatic N) is 2. The van der Waals surface area contributed by atoms with Gasteiger partial charge < -0.3 is 14.6 Å². The van der Waals surface area contributed by atoms with E-state index in [1.807, 2.05) is 30.3 Å². The molecule has 172 valence electrons. The standard InChI is InChI=1S/C24H24N2O6S/c1-31-18-6-2-5-16(13-18)21-12-11-17(14-25-21)26(33(29)30)22-9-3-8-20-19(22)7-4-10-23(20)32-15-24(27)28/h2,4-7,10-14,22H,3,8-9,15H2,1H3,(H,27,28)(H,29,30). The third kappa shape index (κ3) is 4.99. The van der Waals surface area contributed by atoms with E-state index >= 15 is 0 Å². The summed E-state index contributed by atoms with van der Waals surface area (Å²) in [5.74, 6) is 0.159. The molecule has 0 saturated carbocycles. The number of aliphatic carboxylic acids is 1. The van der Waals surface area contributed by atoms with Crippen LogP contribution in [0.15, 0.2) is 60.8 Å². The Morgan fingerprint density at radius 1 is 1.21 bits per heavy atom. The van der Waals surface area contributed by atoms with Crippen molar-refractivity contribution in [2.24, 2.45) is 0 Å². The molecule has 0 radical (unpaired) electrons. The molecule has 0 aliphatic heterocycles. The van der Waals surface area contributed by atoms with Gasteiger partial charge in [-0.05, 0) is 60.7 Å². The molecule has 4 rings (SSSR count). The number of fused-ring (bicyclic) bond motifs is 1. The molecule has 3 aromatic rings. The van der Waals surface area contributed by atoms with E-state index in [1.165, 1.54) is 4.31 Å². The van der Waals surface area contributed by atoms with Crippen molar-refractivity contribution in [1.29, 1.82) is 0 Å². The average molecular weight is 469 g/mol. The monoisotopic (exact) mass is 468 g/mol. The molecule has 33 heavy (non-hydrogen) atoms. The predicted octanol–water partition coefficient (Wildman–Crippen LogP) is 4.24. The summed E-state index contributed by atoms with van der Waals surface area (Å²) in [4.78, 5) is 15.4. The van der Waals surface area contributed by atoms with Gasteiger partial charge in [0.25, 0.3) is 11.3 Å². The first-order chi connectivity index (χ1) is 16.0. The van der Waals surface area contributed by atoms with E-state index in [1.54, 1.807) is 37.6 Å². The van der Waals surface area contributed by atoms with Crippen LogP contribution in [0.3, 0.4) is 0 Å². The second-order valence-electron chi connectivity index (χ2n) is 7.60. The lowest BCUT2D eigenvalue weighted by atomic mass is 9.87. The van der Waals surface area contributed by atoms with Crippen molar-refractivity contribution in [3.05, 3.63) is 71.9 Å². The van der Waals surface area contributed by atoms with Gasteiger partial charge in [-0.1, -0.05) is 24.3 Å². The van der Waals surface area contributed by atoms with Gasteiger partial charge in [-0.3, -0.25) is 13.8 Å². The molecule has 0 saturated heterocycles. The van der Waals surface area contributed by atoms with E-state index in [0.717, 1.165) is 34.6 Å². The van der Waals surface area contributed by atoms with Crippen molar-refractivity contribution in [2.75, 3.05) is 18.0 Å². The SMILES string of the molecule is COc1cccc(-c2ccc(N(C3CCCc4c(OCC(=O)O)cccc43)S(=O)O)cn2)c1. The Morgan fingerprint density at radius 3 is 2.73 bits per heavy atom. The summed E-state index contributed by atoms with van der Waals surface area (Å²) < 4.78 is 34.8. The summed E-state index contributed by atoms with van der Waals surface area (Å²) in [6.07, 6.45) is 3.73. The second-order valence-corrected chi connectivity index (χ2v) is 8.46. The minimum Gasteiger partial charge on any atom is -0.497 e. The number of anilines is 1. The quantitative estimate of drug-likeness (QED) is 0.476. The van der Waals surface area contributed by atoms with Gasteiger partial charge in [0.1, 0.15) is 11.5 Å². The number of hydrogen-bond donors (Lipinski definition) is 2. The highest BCUT2D eigenvalue weighted by molar-refractivity contribution is 7.80. The van der Waals surface area contributed by atoms with E-state index in [-0.39, 0.29) is 6.04 Å².